The number of esters is 2. The number of amides is 2. The first-order valence-electron chi connectivity index (χ1n) is 16.2. The highest BCUT2D eigenvalue weighted by molar-refractivity contribution is 5.89. The van der Waals surface area contributed by atoms with E-state index in [-0.39, 0.29) is 32.0 Å². The molecule has 0 aromatic heterocycles. The van der Waals surface area contributed by atoms with Crippen molar-refractivity contribution in [2.45, 2.75) is 57.3 Å². The maximum atomic E-state index is 13.7. The van der Waals surface area contributed by atoms with Crippen molar-refractivity contribution in [1.82, 2.24) is 10.2 Å². The summed E-state index contributed by atoms with van der Waals surface area (Å²) >= 11 is 0. The lowest BCUT2D eigenvalue weighted by Crippen LogP contribution is -2.50. The Labute approximate surface area is 282 Å². The van der Waals surface area contributed by atoms with Crippen molar-refractivity contribution in [3.8, 4) is 0 Å². The fourth-order valence-electron chi connectivity index (χ4n) is 5.79. The summed E-state index contributed by atoms with van der Waals surface area (Å²) in [5.41, 5.74) is 3.77. The fourth-order valence-corrected chi connectivity index (χ4v) is 5.79. The van der Waals surface area contributed by atoms with Crippen LogP contribution in [-0.4, -0.2) is 59.1 Å². The molecule has 0 fully saturated rings. The Morgan fingerprint density at radius 2 is 1.42 bits per heavy atom. The SMILES string of the molecule is C=CC[C@H](CC(=O)N1Cc2ccccc2C[C@H]1CO)C(=O)N[C@H](COC(=O)[C@@H](CC=C)Cc1ccccc1)C(=O)OCc1ccccc1. The van der Waals surface area contributed by atoms with E-state index in [9.17, 15) is 24.3 Å². The van der Waals surface area contributed by atoms with E-state index in [0.717, 1.165) is 22.3 Å². The molecule has 3 aromatic rings. The molecule has 0 radical (unpaired) electrons. The number of aliphatic hydroxyl groups is 1. The molecule has 1 aliphatic heterocycles. The van der Waals surface area contributed by atoms with Crippen LogP contribution in [0.5, 0.6) is 0 Å². The Hall–Kier alpha value is -5.02. The predicted molar refractivity (Wildman–Crippen MR) is 182 cm³/mol. The normalized spacial score (nSPS) is 15.6. The summed E-state index contributed by atoms with van der Waals surface area (Å²) in [4.78, 5) is 55.4. The summed E-state index contributed by atoms with van der Waals surface area (Å²) in [7, 11) is 0. The van der Waals surface area contributed by atoms with Gasteiger partial charge in [-0.2, -0.15) is 0 Å². The number of hydrogen-bond donors (Lipinski definition) is 2. The monoisotopic (exact) mass is 652 g/mol. The Bertz CT molecular complexity index is 1540. The zero-order valence-electron chi connectivity index (χ0n) is 27.2. The molecule has 48 heavy (non-hydrogen) atoms. The second-order valence-corrected chi connectivity index (χ2v) is 12.0. The maximum absolute atomic E-state index is 13.7. The van der Waals surface area contributed by atoms with E-state index in [1.807, 2.05) is 72.8 Å². The molecule has 1 aliphatic rings. The van der Waals surface area contributed by atoms with Gasteiger partial charge in [0.1, 0.15) is 13.2 Å². The van der Waals surface area contributed by atoms with Crippen LogP contribution < -0.4 is 5.32 Å². The van der Waals surface area contributed by atoms with Gasteiger partial charge in [-0.25, -0.2) is 4.79 Å². The minimum atomic E-state index is -1.32. The zero-order chi connectivity index (χ0) is 34.3. The first kappa shape index (κ1) is 35.8. The fraction of sp³-hybridized carbons (Fsp3) is 0.333. The molecule has 3 aromatic carbocycles. The Morgan fingerprint density at radius 3 is 2.06 bits per heavy atom. The van der Waals surface area contributed by atoms with Gasteiger partial charge in [0.15, 0.2) is 6.04 Å². The van der Waals surface area contributed by atoms with E-state index >= 15 is 0 Å². The number of carbonyl (C=O) groups excluding carboxylic acids is 4. The van der Waals surface area contributed by atoms with Gasteiger partial charge < -0.3 is 24.8 Å². The van der Waals surface area contributed by atoms with Crippen LogP contribution in [0.3, 0.4) is 0 Å². The second kappa shape index (κ2) is 18.4. The van der Waals surface area contributed by atoms with Crippen molar-refractivity contribution in [3.63, 3.8) is 0 Å². The quantitative estimate of drug-likeness (QED) is 0.160. The molecule has 2 amide bonds. The molecule has 0 aliphatic carbocycles. The van der Waals surface area contributed by atoms with E-state index < -0.39 is 48.4 Å². The number of ether oxygens (including phenoxy) is 2. The molecular formula is C39H44N2O7. The van der Waals surface area contributed by atoms with Gasteiger partial charge in [-0.15, -0.1) is 13.2 Å². The largest absolute Gasteiger partial charge is 0.463 e. The number of allylic oxidation sites excluding steroid dienone is 2. The number of nitrogens with zero attached hydrogens (tertiary/aromatic N) is 1. The summed E-state index contributed by atoms with van der Waals surface area (Å²) < 4.78 is 11.1. The summed E-state index contributed by atoms with van der Waals surface area (Å²) in [6, 6.07) is 24.6. The van der Waals surface area contributed by atoms with Gasteiger partial charge in [0.25, 0.3) is 0 Å². The highest BCUT2D eigenvalue weighted by atomic mass is 16.6. The van der Waals surface area contributed by atoms with Crippen LogP contribution in [-0.2, 0) is 54.6 Å². The number of benzene rings is 3. The summed E-state index contributed by atoms with van der Waals surface area (Å²) in [6.07, 6.45) is 4.47. The molecular weight excluding hydrogens is 608 g/mol. The van der Waals surface area contributed by atoms with Gasteiger partial charge in [0.05, 0.1) is 24.5 Å². The van der Waals surface area contributed by atoms with Crippen LogP contribution in [0.1, 0.15) is 41.5 Å². The van der Waals surface area contributed by atoms with Crippen molar-refractivity contribution in [3.05, 3.63) is 132 Å². The molecule has 252 valence electrons. The van der Waals surface area contributed by atoms with Crippen LogP contribution in [0.2, 0.25) is 0 Å². The number of aliphatic hydroxyl groups excluding tert-OH is 1. The predicted octanol–water partition coefficient (Wildman–Crippen LogP) is 4.72. The molecule has 2 N–H and O–H groups in total. The van der Waals surface area contributed by atoms with Crippen molar-refractivity contribution < 1.29 is 33.8 Å². The lowest BCUT2D eigenvalue weighted by molar-refractivity contribution is -0.157. The van der Waals surface area contributed by atoms with Gasteiger partial charge in [0.2, 0.25) is 11.8 Å². The van der Waals surface area contributed by atoms with E-state index in [1.54, 1.807) is 29.2 Å². The van der Waals surface area contributed by atoms with Gasteiger partial charge in [-0.05, 0) is 47.9 Å². The molecule has 0 saturated heterocycles. The van der Waals surface area contributed by atoms with E-state index in [2.05, 4.69) is 18.5 Å². The third-order valence-corrected chi connectivity index (χ3v) is 8.46. The van der Waals surface area contributed by atoms with Gasteiger partial charge in [-0.1, -0.05) is 97.1 Å². The van der Waals surface area contributed by atoms with Crippen LogP contribution in [0.4, 0.5) is 0 Å². The number of rotatable bonds is 17. The highest BCUT2D eigenvalue weighted by Crippen LogP contribution is 2.25. The van der Waals surface area contributed by atoms with Gasteiger partial charge >= 0.3 is 11.9 Å². The van der Waals surface area contributed by atoms with E-state index in [1.165, 1.54) is 0 Å². The minimum absolute atomic E-state index is 0.0410. The van der Waals surface area contributed by atoms with Crippen LogP contribution in [0.25, 0.3) is 0 Å². The Balaban J connectivity index is 1.46. The van der Waals surface area contributed by atoms with Crippen LogP contribution in [0, 0.1) is 11.8 Å². The van der Waals surface area contributed by atoms with Crippen molar-refractivity contribution in [2.75, 3.05) is 13.2 Å². The third-order valence-electron chi connectivity index (χ3n) is 8.46. The standard InChI is InChI=1S/C39H44N2O7/c1-3-13-31(23-36(43)41-24-33-20-12-11-19-30(33)22-34(41)25-42)37(44)40-35(39(46)47-26-29-17-9-6-10-18-29)27-48-38(45)32(14-4-2)21-28-15-7-5-8-16-28/h3-12,15-20,31-32,34-35,42H,1-2,13-14,21-27H2,(H,40,44)/t31-,32+,34+,35-/m1/s1. The Kier molecular flexibility index (Phi) is 13.7. The smallest absolute Gasteiger partial charge is 0.332 e. The van der Waals surface area contributed by atoms with Crippen molar-refractivity contribution >= 4 is 23.8 Å². The van der Waals surface area contributed by atoms with E-state index in [4.69, 9.17) is 9.47 Å². The number of carbonyl (C=O) groups is 4. The summed E-state index contributed by atoms with van der Waals surface area (Å²) in [5.74, 6) is -3.59. The first-order chi connectivity index (χ1) is 23.3. The third kappa shape index (κ3) is 10.2. The van der Waals surface area contributed by atoms with E-state index in [0.29, 0.717) is 25.8 Å². The minimum Gasteiger partial charge on any atom is -0.463 e. The highest BCUT2D eigenvalue weighted by Gasteiger charge is 2.34. The van der Waals surface area contributed by atoms with Crippen molar-refractivity contribution in [2.24, 2.45) is 11.8 Å². The Morgan fingerprint density at radius 1 is 0.812 bits per heavy atom. The van der Waals surface area contributed by atoms with Crippen molar-refractivity contribution in [1.29, 1.82) is 0 Å². The van der Waals surface area contributed by atoms with Gasteiger partial charge in [-0.3, -0.25) is 14.4 Å². The zero-order valence-corrected chi connectivity index (χ0v) is 27.2. The second-order valence-electron chi connectivity index (χ2n) is 12.0. The van der Waals surface area contributed by atoms with Crippen LogP contribution >= 0.6 is 0 Å². The number of nitrogens with one attached hydrogen (secondary N) is 1. The molecule has 0 saturated carbocycles. The average molecular weight is 653 g/mol. The molecule has 4 rings (SSSR count). The molecule has 0 spiro atoms. The molecule has 9 heteroatoms. The van der Waals surface area contributed by atoms with Gasteiger partial charge in [0, 0.05) is 13.0 Å². The molecule has 4 atom stereocenters. The first-order valence-corrected chi connectivity index (χ1v) is 16.2. The average Bonchev–Trinajstić information content (AvgIpc) is 3.11. The summed E-state index contributed by atoms with van der Waals surface area (Å²) in [5, 5.41) is 12.8. The van der Waals surface area contributed by atoms with Crippen LogP contribution in [0.15, 0.2) is 110 Å². The number of fused-ring (bicyclic) bond motifs is 1. The summed E-state index contributed by atoms with van der Waals surface area (Å²) in [6.45, 7) is 7.14. The number of hydrogen-bond acceptors (Lipinski definition) is 7. The molecule has 1 heterocycles. The maximum Gasteiger partial charge on any atom is 0.332 e. The lowest BCUT2D eigenvalue weighted by atomic mass is 9.92. The molecule has 9 nitrogen and oxygen atoms in total. The molecule has 0 unspecified atom stereocenters. The lowest BCUT2D eigenvalue weighted by Gasteiger charge is -2.36. The molecule has 0 bridgehead atoms. The topological polar surface area (TPSA) is 122 Å².